The topological polar surface area (TPSA) is 118 Å². The summed E-state index contributed by atoms with van der Waals surface area (Å²) in [5.41, 5.74) is 5.09. The Hall–Kier alpha value is -2.75. The van der Waals surface area contributed by atoms with Gasteiger partial charge in [-0.25, -0.2) is 0 Å². The highest BCUT2D eigenvalue weighted by Crippen LogP contribution is 2.38. The van der Waals surface area contributed by atoms with Crippen LogP contribution >= 0.6 is 11.3 Å². The number of aliphatic hydroxyl groups is 2. The van der Waals surface area contributed by atoms with E-state index in [0.717, 1.165) is 28.0 Å². The number of hydrogen-bond donors (Lipinski definition) is 3. The average Bonchev–Trinajstić information content (AvgIpc) is 3.37. The molecule has 3 N–H and O–H groups in total. The molecule has 0 aliphatic carbocycles. The van der Waals surface area contributed by atoms with E-state index in [-0.39, 0.29) is 13.2 Å². The summed E-state index contributed by atoms with van der Waals surface area (Å²) < 4.78 is 11.9. The van der Waals surface area contributed by atoms with E-state index in [9.17, 15) is 9.90 Å². The van der Waals surface area contributed by atoms with Gasteiger partial charge in [-0.05, 0) is 74.4 Å². The zero-order valence-electron chi connectivity index (χ0n) is 20.6. The van der Waals surface area contributed by atoms with Crippen molar-refractivity contribution >= 4 is 17.2 Å². The number of amides is 1. The molecule has 9 heteroatoms. The Morgan fingerprint density at radius 3 is 2.41 bits per heavy atom. The molecule has 3 aromatic rings. The maximum atomic E-state index is 11.1. The van der Waals surface area contributed by atoms with E-state index in [1.165, 1.54) is 16.0 Å². The van der Waals surface area contributed by atoms with Crippen molar-refractivity contribution in [2.75, 3.05) is 19.8 Å². The van der Waals surface area contributed by atoms with Crippen molar-refractivity contribution in [2.45, 2.75) is 54.1 Å². The molecule has 0 aliphatic rings. The third-order valence-corrected chi connectivity index (χ3v) is 6.75. The zero-order chi connectivity index (χ0) is 25.0. The van der Waals surface area contributed by atoms with E-state index in [1.54, 1.807) is 11.3 Å². The molecule has 8 nitrogen and oxygen atoms in total. The minimum Gasteiger partial charge on any atom is -0.490 e. The fourth-order valence-corrected chi connectivity index (χ4v) is 4.97. The smallest absolute Gasteiger partial charge is 0.258 e. The Morgan fingerprint density at radius 1 is 1.15 bits per heavy atom. The van der Waals surface area contributed by atoms with Gasteiger partial charge in [0, 0.05) is 17.0 Å². The van der Waals surface area contributed by atoms with Crippen molar-refractivity contribution in [3.63, 3.8) is 0 Å². The number of ether oxygens (including phenoxy) is 1. The predicted molar refractivity (Wildman–Crippen MR) is 132 cm³/mol. The van der Waals surface area contributed by atoms with Crippen LogP contribution < -0.4 is 10.1 Å². The lowest BCUT2D eigenvalue weighted by Gasteiger charge is -2.16. The molecule has 2 aromatic heterocycles. The Kier molecular flexibility index (Phi) is 8.46. The molecule has 184 valence electrons. The van der Waals surface area contributed by atoms with Gasteiger partial charge in [-0.1, -0.05) is 13.8 Å². The van der Waals surface area contributed by atoms with Crippen molar-refractivity contribution < 1.29 is 24.2 Å². The first kappa shape index (κ1) is 25.9. The third kappa shape index (κ3) is 6.02. The van der Waals surface area contributed by atoms with E-state index in [0.29, 0.717) is 23.4 Å². The molecule has 0 unspecified atom stereocenters. The molecule has 0 fully saturated rings. The minimum absolute atomic E-state index is 0.000821. The maximum Gasteiger partial charge on any atom is 0.258 e. The molecule has 34 heavy (non-hydrogen) atoms. The van der Waals surface area contributed by atoms with Crippen molar-refractivity contribution in [3.05, 3.63) is 39.3 Å². The number of aromatic nitrogens is 2. The number of nitrogens with zero attached hydrogens (tertiary/aromatic N) is 2. The van der Waals surface area contributed by atoms with Crippen molar-refractivity contribution in [2.24, 2.45) is 5.92 Å². The highest BCUT2D eigenvalue weighted by atomic mass is 32.1. The molecule has 3 rings (SSSR count). The zero-order valence-corrected chi connectivity index (χ0v) is 21.4. The Bertz CT molecular complexity index is 1130. The first-order valence-corrected chi connectivity index (χ1v) is 12.1. The monoisotopic (exact) mass is 487 g/mol. The normalized spacial score (nSPS) is 12.3. The quantitative estimate of drug-likeness (QED) is 0.399. The Labute approximate surface area is 204 Å². The van der Waals surface area contributed by atoms with Gasteiger partial charge >= 0.3 is 0 Å². The van der Waals surface area contributed by atoms with Crippen LogP contribution in [0.25, 0.3) is 22.2 Å². The number of carbonyl (C=O) groups is 1. The molecule has 2 heterocycles. The fourth-order valence-electron chi connectivity index (χ4n) is 3.86. The summed E-state index contributed by atoms with van der Waals surface area (Å²) in [6, 6.07) is 3.83. The van der Waals surface area contributed by atoms with E-state index >= 15 is 0 Å². The summed E-state index contributed by atoms with van der Waals surface area (Å²) in [7, 11) is 0. The number of carbonyl (C=O) groups excluding carboxylic acids is 1. The van der Waals surface area contributed by atoms with Crippen LogP contribution in [0.1, 0.15) is 41.0 Å². The molecule has 0 saturated heterocycles. The predicted octanol–water partition coefficient (Wildman–Crippen LogP) is 3.75. The fraction of sp³-hybridized carbons (Fsp3) is 0.480. The highest BCUT2D eigenvalue weighted by molar-refractivity contribution is 7.15. The first-order valence-electron chi connectivity index (χ1n) is 11.3. The van der Waals surface area contributed by atoms with Crippen LogP contribution in [0.3, 0.4) is 0 Å². The van der Waals surface area contributed by atoms with Gasteiger partial charge in [-0.2, -0.15) is 0 Å². The van der Waals surface area contributed by atoms with Gasteiger partial charge in [0.05, 0.1) is 4.88 Å². The second-order valence-corrected chi connectivity index (χ2v) is 10.2. The largest absolute Gasteiger partial charge is 0.490 e. The Balaban J connectivity index is 1.76. The molecule has 0 spiro atoms. The molecule has 0 bridgehead atoms. The van der Waals surface area contributed by atoms with Crippen molar-refractivity contribution in [1.82, 2.24) is 15.5 Å². The molecular weight excluding hydrogens is 454 g/mol. The van der Waals surface area contributed by atoms with E-state index < -0.39 is 18.6 Å². The standard InChI is InChI=1S/C25H33N3O5S/c1-13(2)7-20-16(5)23(34-17(20)6)25-28-27-24(33-25)18-8-14(3)22(15(4)9-18)32-12-19(30)10-26-21(31)11-29/h8-9,13,19,29-30H,7,10-12H2,1-6H3,(H,26,31)/t19-/m0/s1. The lowest BCUT2D eigenvalue weighted by Crippen LogP contribution is -2.36. The number of hydrogen-bond acceptors (Lipinski definition) is 8. The van der Waals surface area contributed by atoms with E-state index in [2.05, 4.69) is 43.2 Å². The van der Waals surface area contributed by atoms with Crippen molar-refractivity contribution in [3.8, 4) is 28.0 Å². The lowest BCUT2D eigenvalue weighted by molar-refractivity contribution is -0.124. The lowest BCUT2D eigenvalue weighted by atomic mass is 9.99. The van der Waals surface area contributed by atoms with Crippen molar-refractivity contribution in [1.29, 1.82) is 0 Å². The third-order valence-electron chi connectivity index (χ3n) is 5.51. The van der Waals surface area contributed by atoms with Gasteiger partial charge in [-0.15, -0.1) is 21.5 Å². The summed E-state index contributed by atoms with van der Waals surface area (Å²) in [5.74, 6) is 1.65. The number of benzene rings is 1. The molecule has 0 saturated carbocycles. The number of rotatable bonds is 10. The average molecular weight is 488 g/mol. The second-order valence-electron chi connectivity index (χ2n) is 8.97. The summed E-state index contributed by atoms with van der Waals surface area (Å²) in [4.78, 5) is 13.4. The SMILES string of the molecule is Cc1cc(-c2nnc(-c3sc(C)c(CC(C)C)c3C)o2)cc(C)c1OC[C@@H](O)CNC(=O)CO. The first-order chi connectivity index (χ1) is 16.1. The minimum atomic E-state index is -0.898. The molecule has 0 aliphatic heterocycles. The number of thiophene rings is 1. The van der Waals surface area contributed by atoms with E-state index in [1.807, 2.05) is 26.0 Å². The van der Waals surface area contributed by atoms with Gasteiger partial charge in [-0.3, -0.25) is 4.79 Å². The number of nitrogens with one attached hydrogen (secondary N) is 1. The summed E-state index contributed by atoms with van der Waals surface area (Å²) >= 11 is 1.69. The highest BCUT2D eigenvalue weighted by Gasteiger charge is 2.20. The van der Waals surface area contributed by atoms with Crippen LogP contribution in [0, 0.1) is 33.6 Å². The molecule has 1 amide bonds. The van der Waals surface area contributed by atoms with E-state index in [4.69, 9.17) is 14.3 Å². The molecule has 1 aromatic carbocycles. The molecular formula is C25H33N3O5S. The maximum absolute atomic E-state index is 11.1. The van der Waals surface area contributed by atoms with Crippen LogP contribution in [0.15, 0.2) is 16.5 Å². The molecule has 1 atom stereocenters. The van der Waals surface area contributed by atoms with Gasteiger partial charge < -0.3 is 24.7 Å². The second kappa shape index (κ2) is 11.1. The molecule has 0 radical (unpaired) electrons. The number of aliphatic hydroxyl groups excluding tert-OH is 2. The van der Waals surface area contributed by atoms with Gasteiger partial charge in [0.1, 0.15) is 25.1 Å². The van der Waals surface area contributed by atoms with Gasteiger partial charge in [0.2, 0.25) is 11.8 Å². The Morgan fingerprint density at radius 2 is 1.79 bits per heavy atom. The van der Waals surface area contributed by atoms with Crippen LogP contribution in [0.4, 0.5) is 0 Å². The summed E-state index contributed by atoms with van der Waals surface area (Å²) in [6.45, 7) is 11.9. The summed E-state index contributed by atoms with van der Waals surface area (Å²) in [5, 5.41) is 29.8. The van der Waals surface area contributed by atoms with Crippen LogP contribution in [-0.2, 0) is 11.2 Å². The van der Waals surface area contributed by atoms with Gasteiger partial charge in [0.25, 0.3) is 5.89 Å². The van der Waals surface area contributed by atoms with Crippen LogP contribution in [-0.4, -0.2) is 52.2 Å². The number of aryl methyl sites for hydroxylation is 3. The van der Waals surface area contributed by atoms with Crippen LogP contribution in [0.2, 0.25) is 0 Å². The van der Waals surface area contributed by atoms with Crippen LogP contribution in [0.5, 0.6) is 5.75 Å². The summed E-state index contributed by atoms with van der Waals surface area (Å²) in [6.07, 6.45) is 0.128. The van der Waals surface area contributed by atoms with Gasteiger partial charge in [0.15, 0.2) is 0 Å².